The second-order valence-corrected chi connectivity index (χ2v) is 5.04. The van der Waals surface area contributed by atoms with Gasteiger partial charge in [-0.3, -0.25) is 4.68 Å². The molecule has 108 valence electrons. The first kappa shape index (κ1) is 13.9. The summed E-state index contributed by atoms with van der Waals surface area (Å²) in [6.07, 6.45) is 0. The molecule has 0 fully saturated rings. The summed E-state index contributed by atoms with van der Waals surface area (Å²) in [7, 11) is 1.88. The van der Waals surface area contributed by atoms with E-state index in [-0.39, 0.29) is 18.2 Å². The highest BCUT2D eigenvalue weighted by Crippen LogP contribution is 2.23. The predicted octanol–water partition coefficient (Wildman–Crippen LogP) is 4.03. The molecule has 0 unspecified atom stereocenters. The minimum Gasteiger partial charge on any atom is -0.484 e. The fourth-order valence-electron chi connectivity index (χ4n) is 2.29. The Labute approximate surface area is 126 Å². The van der Waals surface area contributed by atoms with Crippen LogP contribution in [0.25, 0.3) is 10.9 Å². The van der Waals surface area contributed by atoms with E-state index in [0.29, 0.717) is 0 Å². The molecule has 0 saturated heterocycles. The Morgan fingerprint density at radius 3 is 2.81 bits per heavy atom. The van der Waals surface area contributed by atoms with Gasteiger partial charge in [0.15, 0.2) is 11.6 Å². The molecule has 3 rings (SSSR count). The first-order chi connectivity index (χ1) is 10.2. The van der Waals surface area contributed by atoms with Gasteiger partial charge >= 0.3 is 0 Å². The van der Waals surface area contributed by atoms with Crippen LogP contribution in [0.1, 0.15) is 11.3 Å². The van der Waals surface area contributed by atoms with Crippen LogP contribution in [0.2, 0.25) is 0 Å². The van der Waals surface area contributed by atoms with Crippen LogP contribution in [-0.4, -0.2) is 9.78 Å². The van der Waals surface area contributed by atoms with Crippen molar-refractivity contribution >= 4 is 22.5 Å². The molecule has 2 aromatic carbocycles. The Morgan fingerprint density at radius 2 is 2.05 bits per heavy atom. The molecule has 0 spiro atoms. The lowest BCUT2D eigenvalue weighted by Gasteiger charge is -2.06. The van der Waals surface area contributed by atoms with E-state index in [1.165, 1.54) is 6.07 Å². The zero-order valence-electron chi connectivity index (χ0n) is 11.5. The van der Waals surface area contributed by atoms with Gasteiger partial charge in [-0.25, -0.2) is 4.39 Å². The Hall–Kier alpha value is -2.07. The van der Waals surface area contributed by atoms with Crippen molar-refractivity contribution in [2.45, 2.75) is 12.5 Å². The van der Waals surface area contributed by atoms with Gasteiger partial charge in [0.05, 0.1) is 5.52 Å². The maximum atomic E-state index is 13.8. The van der Waals surface area contributed by atoms with Gasteiger partial charge in [-0.05, 0) is 23.8 Å². The zero-order valence-corrected chi connectivity index (χ0v) is 12.3. The summed E-state index contributed by atoms with van der Waals surface area (Å²) in [4.78, 5) is 0. The minimum absolute atomic E-state index is 0.207. The Bertz CT molecular complexity index is 785. The van der Waals surface area contributed by atoms with E-state index in [1.807, 2.05) is 31.3 Å². The molecule has 21 heavy (non-hydrogen) atoms. The van der Waals surface area contributed by atoms with Crippen LogP contribution in [0.3, 0.4) is 0 Å². The molecular formula is C16H14ClFN2O. The molecule has 0 aliphatic heterocycles. The number of para-hydroxylation sites is 1. The fraction of sp³-hybridized carbons (Fsp3) is 0.188. The molecule has 0 bridgehead atoms. The van der Waals surface area contributed by atoms with Crippen molar-refractivity contribution in [2.24, 2.45) is 7.05 Å². The Balaban J connectivity index is 1.84. The molecule has 0 radical (unpaired) electrons. The number of halogens is 2. The van der Waals surface area contributed by atoms with Crippen LogP contribution in [0.15, 0.2) is 42.5 Å². The maximum Gasteiger partial charge on any atom is 0.165 e. The van der Waals surface area contributed by atoms with Crippen LogP contribution in [0.5, 0.6) is 5.75 Å². The number of rotatable bonds is 4. The lowest BCUT2D eigenvalue weighted by molar-refractivity contribution is 0.286. The van der Waals surface area contributed by atoms with Crippen molar-refractivity contribution in [1.29, 1.82) is 0 Å². The summed E-state index contributed by atoms with van der Waals surface area (Å²) < 4.78 is 21.2. The molecule has 5 heteroatoms. The first-order valence-corrected chi connectivity index (χ1v) is 7.10. The summed E-state index contributed by atoms with van der Waals surface area (Å²) in [5.74, 6) is 0.0780. The summed E-state index contributed by atoms with van der Waals surface area (Å²) in [6, 6.07) is 12.6. The predicted molar refractivity (Wildman–Crippen MR) is 81.0 cm³/mol. The van der Waals surface area contributed by atoms with Crippen molar-refractivity contribution in [3.8, 4) is 5.75 Å². The summed E-state index contributed by atoms with van der Waals surface area (Å²) in [6.45, 7) is 0.221. The largest absolute Gasteiger partial charge is 0.484 e. The van der Waals surface area contributed by atoms with Crippen LogP contribution < -0.4 is 4.74 Å². The second kappa shape index (κ2) is 5.74. The lowest BCUT2D eigenvalue weighted by Crippen LogP contribution is -2.00. The molecule has 0 aliphatic rings. The fourth-order valence-corrected chi connectivity index (χ4v) is 2.45. The third-order valence-corrected chi connectivity index (χ3v) is 3.66. The number of alkyl halides is 1. The highest BCUT2D eigenvalue weighted by atomic mass is 35.5. The quantitative estimate of drug-likeness (QED) is 0.680. The average Bonchev–Trinajstić information content (AvgIpc) is 2.83. The van der Waals surface area contributed by atoms with E-state index in [0.717, 1.165) is 22.2 Å². The zero-order chi connectivity index (χ0) is 14.8. The molecule has 0 atom stereocenters. The molecule has 0 amide bonds. The number of benzene rings is 2. The van der Waals surface area contributed by atoms with Gasteiger partial charge in [0.1, 0.15) is 12.3 Å². The SMILES string of the molecule is Cn1nc(COc2ccc(CCl)cc2F)c2ccccc21. The molecular weight excluding hydrogens is 291 g/mol. The van der Waals surface area contributed by atoms with Gasteiger partial charge in [0.25, 0.3) is 0 Å². The lowest BCUT2D eigenvalue weighted by atomic mass is 10.2. The van der Waals surface area contributed by atoms with Crippen molar-refractivity contribution < 1.29 is 9.13 Å². The van der Waals surface area contributed by atoms with Crippen LogP contribution in [0.4, 0.5) is 4.39 Å². The van der Waals surface area contributed by atoms with E-state index in [2.05, 4.69) is 5.10 Å². The van der Waals surface area contributed by atoms with Gasteiger partial charge in [-0.2, -0.15) is 5.10 Å². The van der Waals surface area contributed by atoms with Crippen LogP contribution in [-0.2, 0) is 19.5 Å². The van der Waals surface area contributed by atoms with E-state index in [1.54, 1.807) is 16.8 Å². The molecule has 0 aliphatic carbocycles. The highest BCUT2D eigenvalue weighted by Gasteiger charge is 2.10. The van der Waals surface area contributed by atoms with E-state index < -0.39 is 5.82 Å². The summed E-state index contributed by atoms with van der Waals surface area (Å²) >= 11 is 5.67. The molecule has 3 aromatic rings. The summed E-state index contributed by atoms with van der Waals surface area (Å²) in [5, 5.41) is 5.43. The standard InChI is InChI=1S/C16H14ClFN2O/c1-20-15-5-3-2-4-12(15)14(19-20)10-21-16-7-6-11(9-17)8-13(16)18/h2-8H,9-10H2,1H3. The third-order valence-electron chi connectivity index (χ3n) is 3.35. The number of hydrogen-bond donors (Lipinski definition) is 0. The first-order valence-electron chi connectivity index (χ1n) is 6.57. The molecule has 1 heterocycles. The number of aromatic nitrogens is 2. The topological polar surface area (TPSA) is 27.1 Å². The van der Waals surface area contributed by atoms with Gasteiger partial charge in [-0.1, -0.05) is 24.3 Å². The third kappa shape index (κ3) is 2.72. The normalized spacial score (nSPS) is 11.0. The maximum absolute atomic E-state index is 13.8. The minimum atomic E-state index is -0.409. The Kier molecular flexibility index (Phi) is 3.80. The van der Waals surface area contributed by atoms with Crippen LogP contribution >= 0.6 is 11.6 Å². The smallest absolute Gasteiger partial charge is 0.165 e. The molecule has 3 nitrogen and oxygen atoms in total. The molecule has 0 saturated carbocycles. The van der Waals surface area contributed by atoms with Crippen molar-refractivity contribution in [3.63, 3.8) is 0 Å². The van der Waals surface area contributed by atoms with Gasteiger partial charge in [0, 0.05) is 18.3 Å². The second-order valence-electron chi connectivity index (χ2n) is 4.77. The number of hydrogen-bond acceptors (Lipinski definition) is 2. The highest BCUT2D eigenvalue weighted by molar-refractivity contribution is 6.17. The molecule has 1 aromatic heterocycles. The summed E-state index contributed by atoms with van der Waals surface area (Å²) in [5.41, 5.74) is 2.53. The van der Waals surface area contributed by atoms with Crippen molar-refractivity contribution in [2.75, 3.05) is 0 Å². The van der Waals surface area contributed by atoms with Gasteiger partial charge in [0.2, 0.25) is 0 Å². The van der Waals surface area contributed by atoms with E-state index in [9.17, 15) is 4.39 Å². The van der Waals surface area contributed by atoms with Gasteiger partial charge < -0.3 is 4.74 Å². The monoisotopic (exact) mass is 304 g/mol. The number of fused-ring (bicyclic) bond motifs is 1. The van der Waals surface area contributed by atoms with Gasteiger partial charge in [-0.15, -0.1) is 11.6 Å². The number of ether oxygens (including phenoxy) is 1. The number of aryl methyl sites for hydroxylation is 1. The van der Waals surface area contributed by atoms with Crippen molar-refractivity contribution in [3.05, 3.63) is 59.5 Å². The molecule has 0 N–H and O–H groups in total. The number of nitrogens with zero attached hydrogens (tertiary/aromatic N) is 2. The van der Waals surface area contributed by atoms with Crippen LogP contribution in [0, 0.1) is 5.82 Å². The average molecular weight is 305 g/mol. The van der Waals surface area contributed by atoms with Crippen molar-refractivity contribution in [1.82, 2.24) is 9.78 Å². The Morgan fingerprint density at radius 1 is 1.24 bits per heavy atom. The van der Waals surface area contributed by atoms with E-state index in [4.69, 9.17) is 16.3 Å². The van der Waals surface area contributed by atoms with E-state index >= 15 is 0 Å².